The van der Waals surface area contributed by atoms with Crippen LogP contribution in [0.4, 0.5) is 5.69 Å². The van der Waals surface area contributed by atoms with Crippen molar-refractivity contribution in [3.05, 3.63) is 30.3 Å². The molecule has 0 aromatic heterocycles. The number of nitrogens with one attached hydrogen (secondary N) is 2. The van der Waals surface area contributed by atoms with Crippen molar-refractivity contribution < 1.29 is 8.42 Å². The Balaban J connectivity index is 2.14. The highest BCUT2D eigenvalue weighted by atomic mass is 32.2. The molecular weight excluding hydrogens is 324 g/mol. The van der Waals surface area contributed by atoms with Crippen LogP contribution < -0.4 is 10.0 Å². The van der Waals surface area contributed by atoms with Crippen LogP contribution in [-0.4, -0.2) is 50.7 Å². The average Bonchev–Trinajstić information content (AvgIpc) is 2.51. The van der Waals surface area contributed by atoms with Crippen molar-refractivity contribution in [1.82, 2.24) is 9.62 Å². The summed E-state index contributed by atoms with van der Waals surface area (Å²) in [6.45, 7) is 5.99. The molecule has 24 heavy (non-hydrogen) atoms. The minimum absolute atomic E-state index is 0.367. The van der Waals surface area contributed by atoms with Crippen LogP contribution in [0.2, 0.25) is 0 Å². The molecule has 0 unspecified atom stereocenters. The number of hydrogen-bond donors (Lipinski definition) is 2. The lowest BCUT2D eigenvalue weighted by molar-refractivity contribution is 0.339. The maximum Gasteiger partial charge on any atom is 0.209 e. The average molecular weight is 353 g/mol. The molecule has 1 aromatic carbocycles. The molecule has 1 saturated heterocycles. The molecule has 7 heteroatoms. The van der Waals surface area contributed by atoms with Gasteiger partial charge in [-0.15, -0.1) is 0 Å². The van der Waals surface area contributed by atoms with Crippen LogP contribution in [0, 0.1) is 0 Å². The molecule has 134 valence electrons. The third-order valence-corrected chi connectivity index (χ3v) is 4.69. The summed E-state index contributed by atoms with van der Waals surface area (Å²) in [5, 5.41) is 3.38. The van der Waals surface area contributed by atoms with E-state index in [0.717, 1.165) is 37.6 Å². The van der Waals surface area contributed by atoms with E-state index in [1.165, 1.54) is 12.7 Å². The van der Waals surface area contributed by atoms with Crippen LogP contribution in [0.25, 0.3) is 0 Å². The van der Waals surface area contributed by atoms with Gasteiger partial charge in [-0.05, 0) is 45.2 Å². The SMILES string of the molecule is CC(C)(CN=C(Nc1ccccc1)N1CCCCC1)NS(C)(=O)=O. The summed E-state index contributed by atoms with van der Waals surface area (Å²) >= 11 is 0. The fourth-order valence-electron chi connectivity index (χ4n) is 2.78. The van der Waals surface area contributed by atoms with Crippen LogP contribution in [0.15, 0.2) is 35.3 Å². The second-order valence-electron chi connectivity index (χ2n) is 6.94. The fraction of sp³-hybridized carbons (Fsp3) is 0.588. The van der Waals surface area contributed by atoms with Crippen molar-refractivity contribution in [3.8, 4) is 0 Å². The van der Waals surface area contributed by atoms with Gasteiger partial charge in [0.1, 0.15) is 0 Å². The molecular formula is C17H28N4O2S. The molecule has 1 aliphatic rings. The summed E-state index contributed by atoms with van der Waals surface area (Å²) in [6, 6.07) is 9.93. The lowest BCUT2D eigenvalue weighted by atomic mass is 10.1. The van der Waals surface area contributed by atoms with Gasteiger partial charge in [0.25, 0.3) is 0 Å². The molecule has 0 radical (unpaired) electrons. The maximum absolute atomic E-state index is 11.5. The Morgan fingerprint density at radius 3 is 2.38 bits per heavy atom. The zero-order valence-corrected chi connectivity index (χ0v) is 15.6. The predicted octanol–water partition coefficient (Wildman–Crippen LogP) is 2.27. The smallest absolute Gasteiger partial charge is 0.209 e. The standard InChI is InChI=1S/C17H28N4O2S/c1-17(2,20-24(3,22)23)14-18-16(21-12-8-5-9-13-21)19-15-10-6-4-7-11-15/h4,6-7,10-11,20H,5,8-9,12-14H2,1-3H3,(H,18,19). The number of nitrogens with zero attached hydrogens (tertiary/aromatic N) is 2. The Hall–Kier alpha value is -1.60. The number of anilines is 1. The van der Waals surface area contributed by atoms with Crippen molar-refractivity contribution in [2.24, 2.45) is 4.99 Å². The van der Waals surface area contributed by atoms with E-state index in [-0.39, 0.29) is 0 Å². The van der Waals surface area contributed by atoms with Gasteiger partial charge in [0.2, 0.25) is 10.0 Å². The molecule has 0 saturated carbocycles. The molecule has 1 aromatic rings. The highest BCUT2D eigenvalue weighted by molar-refractivity contribution is 7.88. The van der Waals surface area contributed by atoms with Crippen LogP contribution in [0.1, 0.15) is 33.1 Å². The first-order valence-corrected chi connectivity index (χ1v) is 10.2. The van der Waals surface area contributed by atoms with E-state index in [1.54, 1.807) is 0 Å². The van der Waals surface area contributed by atoms with Crippen molar-refractivity contribution in [3.63, 3.8) is 0 Å². The molecule has 2 N–H and O–H groups in total. The van der Waals surface area contributed by atoms with E-state index in [1.807, 2.05) is 44.2 Å². The fourth-order valence-corrected chi connectivity index (χ4v) is 3.85. The topological polar surface area (TPSA) is 73.8 Å². The van der Waals surface area contributed by atoms with Crippen molar-refractivity contribution in [2.75, 3.05) is 31.2 Å². The predicted molar refractivity (Wildman–Crippen MR) is 99.8 cm³/mol. The molecule has 0 spiro atoms. The molecule has 0 bridgehead atoms. The van der Waals surface area contributed by atoms with Crippen LogP contribution >= 0.6 is 0 Å². The van der Waals surface area contributed by atoms with Gasteiger partial charge >= 0.3 is 0 Å². The number of sulfonamides is 1. The monoisotopic (exact) mass is 352 g/mol. The first kappa shape index (κ1) is 18.7. The third-order valence-electron chi connectivity index (χ3n) is 3.77. The number of para-hydroxylation sites is 1. The van der Waals surface area contributed by atoms with Gasteiger partial charge < -0.3 is 10.2 Å². The minimum atomic E-state index is -3.27. The lowest BCUT2D eigenvalue weighted by Crippen LogP contribution is -2.47. The first-order chi connectivity index (χ1) is 11.3. The number of aliphatic imine (C=N–C) groups is 1. The molecule has 2 rings (SSSR count). The summed E-state index contributed by atoms with van der Waals surface area (Å²) < 4.78 is 25.6. The lowest BCUT2D eigenvalue weighted by Gasteiger charge is -2.31. The molecule has 0 atom stereocenters. The van der Waals surface area contributed by atoms with E-state index in [4.69, 9.17) is 4.99 Å². The normalized spacial score (nSPS) is 17.0. The largest absolute Gasteiger partial charge is 0.343 e. The van der Waals surface area contributed by atoms with Crippen molar-refractivity contribution in [1.29, 1.82) is 0 Å². The zero-order chi connectivity index (χ0) is 17.6. The summed E-state index contributed by atoms with van der Waals surface area (Å²) in [5.41, 5.74) is 0.350. The number of hydrogen-bond acceptors (Lipinski definition) is 3. The van der Waals surface area contributed by atoms with Gasteiger partial charge in [-0.2, -0.15) is 0 Å². The van der Waals surface area contributed by atoms with Crippen LogP contribution in [0.5, 0.6) is 0 Å². The van der Waals surface area contributed by atoms with Gasteiger partial charge in [0.15, 0.2) is 5.96 Å². The Bertz CT molecular complexity index is 650. The van der Waals surface area contributed by atoms with Crippen LogP contribution in [-0.2, 0) is 10.0 Å². The second kappa shape index (κ2) is 7.98. The molecule has 6 nitrogen and oxygen atoms in total. The van der Waals surface area contributed by atoms with E-state index in [9.17, 15) is 8.42 Å². The van der Waals surface area contributed by atoms with E-state index in [2.05, 4.69) is 14.9 Å². The summed E-state index contributed by atoms with van der Waals surface area (Å²) in [6.07, 6.45) is 4.73. The van der Waals surface area contributed by atoms with E-state index < -0.39 is 15.6 Å². The third kappa shape index (κ3) is 6.49. The van der Waals surface area contributed by atoms with Crippen molar-refractivity contribution >= 4 is 21.7 Å². The summed E-state index contributed by atoms with van der Waals surface area (Å²) in [7, 11) is -3.27. The van der Waals surface area contributed by atoms with Gasteiger partial charge in [-0.1, -0.05) is 18.2 Å². The number of benzene rings is 1. The van der Waals surface area contributed by atoms with Crippen LogP contribution in [0.3, 0.4) is 0 Å². The van der Waals surface area contributed by atoms with E-state index >= 15 is 0 Å². The Kier molecular flexibility index (Phi) is 6.23. The quantitative estimate of drug-likeness (QED) is 0.630. The van der Waals surface area contributed by atoms with Gasteiger partial charge in [0.05, 0.1) is 12.8 Å². The Labute approximate surface area is 145 Å². The molecule has 1 heterocycles. The van der Waals surface area contributed by atoms with Gasteiger partial charge in [-0.3, -0.25) is 4.99 Å². The maximum atomic E-state index is 11.5. The van der Waals surface area contributed by atoms with Crippen molar-refractivity contribution in [2.45, 2.75) is 38.6 Å². The minimum Gasteiger partial charge on any atom is -0.343 e. The zero-order valence-electron chi connectivity index (χ0n) is 14.7. The number of rotatable bonds is 5. The van der Waals surface area contributed by atoms with E-state index in [0.29, 0.717) is 6.54 Å². The number of piperidine rings is 1. The Morgan fingerprint density at radius 1 is 1.17 bits per heavy atom. The highest BCUT2D eigenvalue weighted by Gasteiger charge is 2.23. The number of likely N-dealkylation sites (tertiary alicyclic amines) is 1. The summed E-state index contributed by atoms with van der Waals surface area (Å²) in [5.74, 6) is 0.810. The first-order valence-electron chi connectivity index (χ1n) is 8.36. The molecule has 0 aliphatic carbocycles. The molecule has 1 fully saturated rings. The van der Waals surface area contributed by atoms with Gasteiger partial charge in [-0.25, -0.2) is 13.1 Å². The highest BCUT2D eigenvalue weighted by Crippen LogP contribution is 2.14. The molecule has 1 aliphatic heterocycles. The second-order valence-corrected chi connectivity index (χ2v) is 8.69. The molecule has 0 amide bonds. The Morgan fingerprint density at radius 2 is 1.79 bits per heavy atom. The summed E-state index contributed by atoms with van der Waals surface area (Å²) in [4.78, 5) is 6.95. The van der Waals surface area contributed by atoms with Gasteiger partial charge in [0, 0.05) is 24.3 Å². The number of guanidine groups is 1.